The van der Waals surface area contributed by atoms with Crippen LogP contribution in [0.25, 0.3) is 0 Å². The van der Waals surface area contributed by atoms with Gasteiger partial charge in [-0.25, -0.2) is 9.78 Å². The summed E-state index contributed by atoms with van der Waals surface area (Å²) in [5.74, 6) is -0.354. The molecule has 0 aliphatic heterocycles. The van der Waals surface area contributed by atoms with Crippen LogP contribution in [0.15, 0.2) is 23.7 Å². The number of rotatable bonds is 5. The molecule has 0 aliphatic carbocycles. The summed E-state index contributed by atoms with van der Waals surface area (Å²) < 4.78 is 5.10. The lowest BCUT2D eigenvalue weighted by Gasteiger charge is -2.23. The number of esters is 1. The van der Waals surface area contributed by atoms with Gasteiger partial charge in [0.05, 0.1) is 41.3 Å². The largest absolute Gasteiger partial charge is 0.462 e. The van der Waals surface area contributed by atoms with Crippen molar-refractivity contribution in [2.45, 2.75) is 20.4 Å². The molecule has 0 radical (unpaired) electrons. The van der Waals surface area contributed by atoms with Crippen molar-refractivity contribution in [2.75, 3.05) is 24.3 Å². The second kappa shape index (κ2) is 6.58. The fraction of sp³-hybridized carbons (Fsp3) is 0.333. The van der Waals surface area contributed by atoms with Crippen molar-refractivity contribution in [3.8, 4) is 0 Å². The fourth-order valence-corrected chi connectivity index (χ4v) is 2.96. The Morgan fingerprint density at radius 2 is 2.24 bits per heavy atom. The van der Waals surface area contributed by atoms with Crippen molar-refractivity contribution in [3.05, 3.63) is 39.8 Å². The lowest BCUT2D eigenvalue weighted by atomic mass is 10.1. The quantitative estimate of drug-likeness (QED) is 0.679. The first kappa shape index (κ1) is 15.3. The third-order valence-corrected chi connectivity index (χ3v) is 4.09. The van der Waals surface area contributed by atoms with Crippen LogP contribution < -0.4 is 10.6 Å². The van der Waals surface area contributed by atoms with Crippen LogP contribution in [0.5, 0.6) is 0 Å². The lowest BCUT2D eigenvalue weighted by Crippen LogP contribution is -2.21. The van der Waals surface area contributed by atoms with Crippen LogP contribution in [0.3, 0.4) is 0 Å². The Hall–Kier alpha value is -2.08. The van der Waals surface area contributed by atoms with Crippen LogP contribution in [0.1, 0.15) is 27.9 Å². The number of para-hydroxylation sites is 1. The zero-order valence-corrected chi connectivity index (χ0v) is 13.2. The highest BCUT2D eigenvalue weighted by molar-refractivity contribution is 7.09. The normalized spacial score (nSPS) is 10.4. The average molecular weight is 305 g/mol. The second-order valence-corrected chi connectivity index (χ2v) is 5.62. The summed E-state index contributed by atoms with van der Waals surface area (Å²) >= 11 is 1.59. The van der Waals surface area contributed by atoms with Crippen molar-refractivity contribution < 1.29 is 9.53 Å². The highest BCUT2D eigenvalue weighted by Gasteiger charge is 2.19. The summed E-state index contributed by atoms with van der Waals surface area (Å²) in [5.41, 5.74) is 10.6. The fourth-order valence-electron chi connectivity index (χ4n) is 2.13. The number of nitrogens with zero attached hydrogens (tertiary/aromatic N) is 2. The van der Waals surface area contributed by atoms with E-state index in [2.05, 4.69) is 4.98 Å². The summed E-state index contributed by atoms with van der Waals surface area (Å²) in [7, 11) is 1.91. The molecule has 0 aliphatic rings. The van der Waals surface area contributed by atoms with E-state index in [0.717, 1.165) is 10.6 Å². The number of anilines is 2. The summed E-state index contributed by atoms with van der Waals surface area (Å²) in [4.78, 5) is 19.4. The molecule has 5 nitrogen and oxygen atoms in total. The molecule has 112 valence electrons. The molecule has 21 heavy (non-hydrogen) atoms. The Morgan fingerprint density at radius 1 is 1.48 bits per heavy atom. The van der Waals surface area contributed by atoms with E-state index in [-0.39, 0.29) is 5.97 Å². The number of benzene rings is 1. The first-order valence-corrected chi connectivity index (χ1v) is 7.58. The summed E-state index contributed by atoms with van der Waals surface area (Å²) in [6, 6.07) is 5.28. The Balaban J connectivity index is 2.33. The smallest absolute Gasteiger partial charge is 0.340 e. The number of carbonyl (C=O) groups is 1. The van der Waals surface area contributed by atoms with Gasteiger partial charge in [0.1, 0.15) is 0 Å². The number of aromatic nitrogens is 1. The van der Waals surface area contributed by atoms with Crippen LogP contribution in [-0.4, -0.2) is 24.6 Å². The number of hydrogen-bond acceptors (Lipinski definition) is 6. The van der Waals surface area contributed by atoms with Gasteiger partial charge >= 0.3 is 5.97 Å². The van der Waals surface area contributed by atoms with E-state index in [1.807, 2.05) is 24.4 Å². The van der Waals surface area contributed by atoms with Gasteiger partial charge in [0.25, 0.3) is 0 Å². The zero-order valence-electron chi connectivity index (χ0n) is 12.4. The van der Waals surface area contributed by atoms with E-state index in [0.29, 0.717) is 30.1 Å². The molecule has 6 heteroatoms. The highest BCUT2D eigenvalue weighted by atomic mass is 32.1. The van der Waals surface area contributed by atoms with Crippen molar-refractivity contribution in [1.82, 2.24) is 4.98 Å². The number of nitrogen functional groups attached to an aromatic ring is 1. The van der Waals surface area contributed by atoms with Gasteiger partial charge in [0, 0.05) is 11.9 Å². The SMILES string of the molecule is CCOC(=O)c1cccc(N)c1N(C)Cc1scnc1C. The van der Waals surface area contributed by atoms with Crippen LogP contribution in [-0.2, 0) is 11.3 Å². The predicted octanol–water partition coefficient (Wildman–Crippen LogP) is 2.85. The number of ether oxygens (including phenoxy) is 1. The second-order valence-electron chi connectivity index (χ2n) is 4.68. The lowest BCUT2D eigenvalue weighted by molar-refractivity contribution is 0.0527. The molecule has 1 aromatic heterocycles. The van der Waals surface area contributed by atoms with Gasteiger partial charge in [-0.15, -0.1) is 11.3 Å². The van der Waals surface area contributed by atoms with Crippen LogP contribution >= 0.6 is 11.3 Å². The van der Waals surface area contributed by atoms with Gasteiger partial charge in [0.15, 0.2) is 0 Å². The van der Waals surface area contributed by atoms with Gasteiger partial charge in [-0.1, -0.05) is 6.07 Å². The van der Waals surface area contributed by atoms with Crippen molar-refractivity contribution in [1.29, 1.82) is 0 Å². The van der Waals surface area contributed by atoms with Crippen LogP contribution in [0, 0.1) is 6.92 Å². The monoisotopic (exact) mass is 305 g/mol. The first-order chi connectivity index (χ1) is 10.0. The van der Waals surface area contributed by atoms with E-state index >= 15 is 0 Å². The molecule has 0 saturated heterocycles. The number of hydrogen-bond donors (Lipinski definition) is 1. The Morgan fingerprint density at radius 3 is 2.86 bits per heavy atom. The Bertz CT molecular complexity index is 640. The Kier molecular flexibility index (Phi) is 4.80. The minimum absolute atomic E-state index is 0.338. The van der Waals surface area contributed by atoms with Crippen molar-refractivity contribution in [2.24, 2.45) is 0 Å². The molecule has 0 bridgehead atoms. The molecule has 0 unspecified atom stereocenters. The van der Waals surface area contributed by atoms with E-state index in [4.69, 9.17) is 10.5 Å². The van der Waals surface area contributed by atoms with E-state index in [1.165, 1.54) is 0 Å². The minimum Gasteiger partial charge on any atom is -0.462 e. The standard InChI is InChI=1S/C15H19N3O2S/c1-4-20-15(19)11-6-5-7-12(16)14(11)18(3)8-13-10(2)17-9-21-13/h5-7,9H,4,8,16H2,1-3H3. The van der Waals surface area contributed by atoms with Gasteiger partial charge in [-0.2, -0.15) is 0 Å². The molecule has 0 spiro atoms. The molecule has 1 aromatic carbocycles. The van der Waals surface area contributed by atoms with Crippen LogP contribution in [0.2, 0.25) is 0 Å². The molecule has 0 amide bonds. The molecule has 0 fully saturated rings. The summed E-state index contributed by atoms with van der Waals surface area (Å²) in [5, 5.41) is 0. The molecule has 2 aromatic rings. The third kappa shape index (κ3) is 3.33. The minimum atomic E-state index is -0.354. The number of aryl methyl sites for hydroxylation is 1. The maximum absolute atomic E-state index is 12.1. The third-order valence-electron chi connectivity index (χ3n) is 3.17. The van der Waals surface area contributed by atoms with Gasteiger partial charge in [-0.05, 0) is 26.0 Å². The molecule has 2 rings (SSSR count). The van der Waals surface area contributed by atoms with Crippen molar-refractivity contribution in [3.63, 3.8) is 0 Å². The molecule has 1 heterocycles. The van der Waals surface area contributed by atoms with Gasteiger partial charge < -0.3 is 15.4 Å². The predicted molar refractivity (Wildman–Crippen MR) is 85.8 cm³/mol. The van der Waals surface area contributed by atoms with Gasteiger partial charge in [0.2, 0.25) is 0 Å². The Labute approximate surface area is 128 Å². The van der Waals surface area contributed by atoms with Gasteiger partial charge in [-0.3, -0.25) is 0 Å². The van der Waals surface area contributed by atoms with Crippen LogP contribution in [0.4, 0.5) is 11.4 Å². The highest BCUT2D eigenvalue weighted by Crippen LogP contribution is 2.29. The average Bonchev–Trinajstić information content (AvgIpc) is 2.84. The maximum atomic E-state index is 12.1. The van der Waals surface area contributed by atoms with E-state index in [9.17, 15) is 4.79 Å². The van der Waals surface area contributed by atoms with Crippen molar-refractivity contribution >= 4 is 28.7 Å². The number of nitrogens with two attached hydrogens (primary N) is 1. The zero-order chi connectivity index (χ0) is 15.4. The first-order valence-electron chi connectivity index (χ1n) is 6.70. The van der Waals surface area contributed by atoms with E-state index < -0.39 is 0 Å². The number of thiazole rings is 1. The maximum Gasteiger partial charge on any atom is 0.340 e. The summed E-state index contributed by atoms with van der Waals surface area (Å²) in [6.07, 6.45) is 0. The molecule has 0 saturated carbocycles. The molecular formula is C15H19N3O2S. The summed E-state index contributed by atoms with van der Waals surface area (Å²) in [6.45, 7) is 4.75. The topological polar surface area (TPSA) is 68.5 Å². The van der Waals surface area contributed by atoms with E-state index in [1.54, 1.807) is 36.5 Å². The molecule has 2 N–H and O–H groups in total. The molecular weight excluding hydrogens is 286 g/mol. The molecule has 0 atom stereocenters. The number of carbonyl (C=O) groups excluding carboxylic acids is 1.